The number of aromatic nitrogens is 4. The summed E-state index contributed by atoms with van der Waals surface area (Å²) in [4.78, 5) is 2.29. The number of halogens is 1. The van der Waals surface area contributed by atoms with Gasteiger partial charge in [-0.25, -0.2) is 9.07 Å². The van der Waals surface area contributed by atoms with Gasteiger partial charge in [-0.05, 0) is 76.2 Å². The first-order valence-corrected chi connectivity index (χ1v) is 10.5. The van der Waals surface area contributed by atoms with Crippen LogP contribution in [0.2, 0.25) is 0 Å². The third-order valence-corrected chi connectivity index (χ3v) is 5.67. The number of nitrogens with zero attached hydrogens (tertiary/aromatic N) is 4. The lowest BCUT2D eigenvalue weighted by Crippen LogP contribution is -2.21. The summed E-state index contributed by atoms with van der Waals surface area (Å²) in [6.07, 6.45) is 3.01. The molecule has 0 atom stereocenters. The Morgan fingerprint density at radius 3 is 2.35 bits per heavy atom. The summed E-state index contributed by atoms with van der Waals surface area (Å²) in [5.74, 6) is -0.244. The second kappa shape index (κ2) is 8.86. The molecule has 4 rings (SSSR count). The number of aromatic amines is 1. The van der Waals surface area contributed by atoms with Crippen LogP contribution >= 0.6 is 0 Å². The van der Waals surface area contributed by atoms with E-state index < -0.39 is 0 Å². The number of rotatable bonds is 7. The van der Waals surface area contributed by atoms with Crippen LogP contribution in [0.25, 0.3) is 16.9 Å². The van der Waals surface area contributed by atoms with Crippen molar-refractivity contribution < 1.29 is 4.39 Å². The molecule has 0 amide bonds. The summed E-state index contributed by atoms with van der Waals surface area (Å²) in [6, 6.07) is 14.8. The number of aryl methyl sites for hydroxylation is 3. The lowest BCUT2D eigenvalue weighted by molar-refractivity contribution is 0.331. The Bertz CT molecular complexity index is 1140. The SMILES string of the molecule is Cc1ccc(-n2cc(CN(C)CCc3c(C)n[nH]c3C)c(-c3ccc(F)cc3)n2)cc1. The van der Waals surface area contributed by atoms with E-state index in [9.17, 15) is 4.39 Å². The molecule has 1 N–H and O–H groups in total. The Hall–Kier alpha value is -3.25. The van der Waals surface area contributed by atoms with Crippen LogP contribution in [-0.2, 0) is 13.0 Å². The van der Waals surface area contributed by atoms with Crippen LogP contribution < -0.4 is 0 Å². The predicted molar refractivity (Wildman–Crippen MR) is 122 cm³/mol. The third kappa shape index (κ3) is 4.75. The van der Waals surface area contributed by atoms with E-state index in [4.69, 9.17) is 5.10 Å². The van der Waals surface area contributed by atoms with Gasteiger partial charge in [-0.15, -0.1) is 0 Å². The Morgan fingerprint density at radius 2 is 1.71 bits per heavy atom. The summed E-state index contributed by atoms with van der Waals surface area (Å²) in [6.45, 7) is 7.82. The Morgan fingerprint density at radius 1 is 1.00 bits per heavy atom. The van der Waals surface area contributed by atoms with Crippen molar-refractivity contribution in [1.29, 1.82) is 0 Å². The highest BCUT2D eigenvalue weighted by Gasteiger charge is 2.15. The van der Waals surface area contributed by atoms with Crippen molar-refractivity contribution in [3.05, 3.63) is 88.6 Å². The summed E-state index contributed by atoms with van der Waals surface area (Å²) >= 11 is 0. The smallest absolute Gasteiger partial charge is 0.123 e. The molecule has 2 aromatic carbocycles. The first-order valence-electron chi connectivity index (χ1n) is 10.5. The van der Waals surface area contributed by atoms with Crippen LogP contribution in [0.3, 0.4) is 0 Å². The summed E-state index contributed by atoms with van der Waals surface area (Å²) in [5, 5.41) is 12.2. The largest absolute Gasteiger partial charge is 0.302 e. The summed E-state index contributed by atoms with van der Waals surface area (Å²) in [5.41, 5.74) is 8.58. The number of H-pyrrole nitrogens is 1. The van der Waals surface area contributed by atoms with Crippen LogP contribution in [-0.4, -0.2) is 38.5 Å². The van der Waals surface area contributed by atoms with Crippen LogP contribution in [0.5, 0.6) is 0 Å². The molecule has 160 valence electrons. The molecule has 0 aliphatic rings. The third-order valence-electron chi connectivity index (χ3n) is 5.67. The maximum Gasteiger partial charge on any atom is 0.123 e. The number of hydrogen-bond donors (Lipinski definition) is 1. The maximum absolute atomic E-state index is 13.5. The van der Waals surface area contributed by atoms with Gasteiger partial charge in [0.2, 0.25) is 0 Å². The molecule has 0 saturated heterocycles. The van der Waals surface area contributed by atoms with Gasteiger partial charge in [-0.2, -0.15) is 10.2 Å². The van der Waals surface area contributed by atoms with Gasteiger partial charge in [0.1, 0.15) is 5.82 Å². The van der Waals surface area contributed by atoms with Gasteiger partial charge >= 0.3 is 0 Å². The normalized spacial score (nSPS) is 11.4. The van der Waals surface area contributed by atoms with E-state index in [0.29, 0.717) is 0 Å². The molecule has 0 radical (unpaired) electrons. The average molecular weight is 418 g/mol. The standard InChI is InChI=1S/C25H28FN5/c1-17-5-11-23(12-6-17)31-16-21(25(29-31)20-7-9-22(26)10-8-20)15-30(4)14-13-24-18(2)27-28-19(24)3/h5-12,16H,13-15H2,1-4H3,(H,27,28). The van der Waals surface area contributed by atoms with Crippen molar-refractivity contribution >= 4 is 0 Å². The minimum Gasteiger partial charge on any atom is -0.302 e. The quantitative estimate of drug-likeness (QED) is 0.460. The topological polar surface area (TPSA) is 49.7 Å². The molecule has 2 heterocycles. The van der Waals surface area contributed by atoms with E-state index in [-0.39, 0.29) is 5.82 Å². The first kappa shape index (κ1) is 21.0. The molecular formula is C25H28FN5. The minimum atomic E-state index is -0.244. The molecule has 6 heteroatoms. The first-order chi connectivity index (χ1) is 14.9. The molecular weight excluding hydrogens is 389 g/mol. The van der Waals surface area contributed by atoms with Gasteiger partial charge < -0.3 is 4.90 Å². The Labute approximate surface area is 182 Å². The molecule has 4 aromatic rings. The van der Waals surface area contributed by atoms with Crippen molar-refractivity contribution in [2.45, 2.75) is 33.7 Å². The van der Waals surface area contributed by atoms with Gasteiger partial charge in [0.05, 0.1) is 17.1 Å². The molecule has 0 saturated carbocycles. The second-order valence-electron chi connectivity index (χ2n) is 8.19. The highest BCUT2D eigenvalue weighted by Crippen LogP contribution is 2.25. The van der Waals surface area contributed by atoms with Crippen molar-refractivity contribution in [3.63, 3.8) is 0 Å². The number of benzene rings is 2. The van der Waals surface area contributed by atoms with Gasteiger partial charge in [-0.3, -0.25) is 5.10 Å². The lowest BCUT2D eigenvalue weighted by Gasteiger charge is -2.16. The van der Waals surface area contributed by atoms with Crippen molar-refractivity contribution in [3.8, 4) is 16.9 Å². The second-order valence-corrected chi connectivity index (χ2v) is 8.19. The van der Waals surface area contributed by atoms with Gasteiger partial charge in [-0.1, -0.05) is 17.7 Å². The number of hydrogen-bond acceptors (Lipinski definition) is 3. The van der Waals surface area contributed by atoms with Crippen molar-refractivity contribution in [2.24, 2.45) is 0 Å². The fourth-order valence-corrected chi connectivity index (χ4v) is 3.82. The lowest BCUT2D eigenvalue weighted by atomic mass is 10.1. The van der Waals surface area contributed by atoms with Crippen LogP contribution in [0.4, 0.5) is 4.39 Å². The molecule has 0 bridgehead atoms. The zero-order chi connectivity index (χ0) is 22.0. The van der Waals surface area contributed by atoms with Gasteiger partial charge in [0, 0.05) is 36.1 Å². The molecule has 2 aromatic heterocycles. The summed E-state index contributed by atoms with van der Waals surface area (Å²) in [7, 11) is 2.11. The Balaban J connectivity index is 1.60. The molecule has 31 heavy (non-hydrogen) atoms. The fourth-order valence-electron chi connectivity index (χ4n) is 3.82. The summed E-state index contributed by atoms with van der Waals surface area (Å²) < 4.78 is 15.4. The molecule has 5 nitrogen and oxygen atoms in total. The molecule has 0 aliphatic carbocycles. The predicted octanol–water partition coefficient (Wildman–Crippen LogP) is 5.00. The van der Waals surface area contributed by atoms with E-state index >= 15 is 0 Å². The van der Waals surface area contributed by atoms with Gasteiger partial charge in [0.15, 0.2) is 0 Å². The highest BCUT2D eigenvalue weighted by molar-refractivity contribution is 5.63. The molecule has 0 spiro atoms. The monoisotopic (exact) mass is 417 g/mol. The molecule has 0 unspecified atom stereocenters. The van der Waals surface area contributed by atoms with Crippen molar-refractivity contribution in [1.82, 2.24) is 24.9 Å². The zero-order valence-electron chi connectivity index (χ0n) is 18.5. The van der Waals surface area contributed by atoms with E-state index in [1.807, 2.05) is 11.6 Å². The van der Waals surface area contributed by atoms with E-state index in [2.05, 4.69) is 66.5 Å². The van der Waals surface area contributed by atoms with E-state index in [1.165, 1.54) is 23.3 Å². The zero-order valence-corrected chi connectivity index (χ0v) is 18.5. The minimum absolute atomic E-state index is 0.244. The van der Waals surface area contributed by atoms with Crippen LogP contribution in [0.1, 0.15) is 28.1 Å². The highest BCUT2D eigenvalue weighted by atomic mass is 19.1. The average Bonchev–Trinajstić information content (AvgIpc) is 3.31. The molecule has 0 aliphatic heterocycles. The number of nitrogens with one attached hydrogen (secondary N) is 1. The Kier molecular flexibility index (Phi) is 6.00. The fraction of sp³-hybridized carbons (Fsp3) is 0.280. The maximum atomic E-state index is 13.5. The van der Waals surface area contributed by atoms with Crippen molar-refractivity contribution in [2.75, 3.05) is 13.6 Å². The van der Waals surface area contributed by atoms with E-state index in [0.717, 1.165) is 53.4 Å². The van der Waals surface area contributed by atoms with Crippen LogP contribution in [0, 0.1) is 26.6 Å². The van der Waals surface area contributed by atoms with Gasteiger partial charge in [0.25, 0.3) is 0 Å². The number of likely N-dealkylation sites (N-methyl/N-ethyl adjacent to an activating group) is 1. The molecule has 0 fully saturated rings. The van der Waals surface area contributed by atoms with E-state index in [1.54, 1.807) is 12.1 Å². The van der Waals surface area contributed by atoms with Crippen LogP contribution in [0.15, 0.2) is 54.7 Å².